The van der Waals surface area contributed by atoms with Gasteiger partial charge >= 0.3 is 0 Å². The smallest absolute Gasteiger partial charge is 0.238 e. The molecule has 0 aromatic heterocycles. The third-order valence-corrected chi connectivity index (χ3v) is 3.79. The number of nitrogens with zero attached hydrogens (tertiary/aromatic N) is 1. The number of hydrogen-bond donors (Lipinski definition) is 2. The molecule has 0 spiro atoms. The Hall–Kier alpha value is -1.43. The predicted molar refractivity (Wildman–Crippen MR) is 77.8 cm³/mol. The molecule has 20 heavy (non-hydrogen) atoms. The Morgan fingerprint density at radius 1 is 1.30 bits per heavy atom. The maximum Gasteiger partial charge on any atom is 0.238 e. The number of nitrogens with two attached hydrogens (primary N) is 1. The van der Waals surface area contributed by atoms with Gasteiger partial charge in [-0.25, -0.2) is 5.84 Å². The van der Waals surface area contributed by atoms with E-state index in [1.807, 2.05) is 12.1 Å². The van der Waals surface area contributed by atoms with Crippen LogP contribution in [-0.4, -0.2) is 37.1 Å². The lowest BCUT2D eigenvalue weighted by Gasteiger charge is -2.31. The summed E-state index contributed by atoms with van der Waals surface area (Å²) in [7, 11) is 2.16. The van der Waals surface area contributed by atoms with Crippen LogP contribution in [0.1, 0.15) is 24.0 Å². The lowest BCUT2D eigenvalue weighted by molar-refractivity contribution is -0.120. The first-order valence-electron chi connectivity index (χ1n) is 7.04. The molecule has 0 aliphatic carbocycles. The number of amides is 1. The van der Waals surface area contributed by atoms with Gasteiger partial charge in [-0.05, 0) is 31.0 Å². The van der Waals surface area contributed by atoms with Gasteiger partial charge in [0.15, 0.2) is 0 Å². The van der Waals surface area contributed by atoms with Crippen LogP contribution in [0.15, 0.2) is 24.3 Å². The molecule has 1 aromatic rings. The summed E-state index contributed by atoms with van der Waals surface area (Å²) in [5.74, 6) is 4.91. The zero-order chi connectivity index (χ0) is 14.4. The summed E-state index contributed by atoms with van der Waals surface area (Å²) in [6.07, 6.45) is 2.53. The fourth-order valence-electron chi connectivity index (χ4n) is 2.54. The van der Waals surface area contributed by atoms with E-state index in [-0.39, 0.29) is 5.91 Å². The lowest BCUT2D eigenvalue weighted by atomic mass is 10.1. The van der Waals surface area contributed by atoms with Crippen LogP contribution in [0.5, 0.6) is 0 Å². The second-order valence-corrected chi connectivity index (χ2v) is 5.32. The second-order valence-electron chi connectivity index (χ2n) is 5.32. The molecule has 3 N–H and O–H groups in total. The summed E-state index contributed by atoms with van der Waals surface area (Å²) >= 11 is 0. The summed E-state index contributed by atoms with van der Waals surface area (Å²) in [6, 6.07) is 8.74. The number of rotatable bonds is 5. The van der Waals surface area contributed by atoms with Gasteiger partial charge in [0.2, 0.25) is 5.91 Å². The molecule has 0 radical (unpaired) electrons. The standard InChI is InChI=1S/C15H23N3O2/c1-18(14-6-8-20-9-7-14)11-13-4-2-12(3-5-13)10-15(19)17-16/h2-5,14H,6-11,16H2,1H3,(H,17,19). The van der Waals surface area contributed by atoms with E-state index < -0.39 is 0 Å². The van der Waals surface area contributed by atoms with E-state index in [0.29, 0.717) is 12.5 Å². The minimum absolute atomic E-state index is 0.169. The molecule has 2 rings (SSSR count). The third-order valence-electron chi connectivity index (χ3n) is 3.79. The number of carbonyl (C=O) groups is 1. The van der Waals surface area contributed by atoms with Gasteiger partial charge in [-0.1, -0.05) is 24.3 Å². The van der Waals surface area contributed by atoms with Crippen molar-refractivity contribution in [3.8, 4) is 0 Å². The number of carbonyl (C=O) groups excluding carboxylic acids is 1. The molecule has 1 heterocycles. The number of benzene rings is 1. The zero-order valence-electron chi connectivity index (χ0n) is 12.0. The highest BCUT2D eigenvalue weighted by atomic mass is 16.5. The Bertz CT molecular complexity index is 427. The van der Waals surface area contributed by atoms with Crippen molar-refractivity contribution in [3.63, 3.8) is 0 Å². The molecular weight excluding hydrogens is 254 g/mol. The molecule has 0 unspecified atom stereocenters. The summed E-state index contributed by atoms with van der Waals surface area (Å²) in [5, 5.41) is 0. The molecule has 0 saturated carbocycles. The number of ether oxygens (including phenoxy) is 1. The minimum atomic E-state index is -0.169. The van der Waals surface area contributed by atoms with Gasteiger partial charge in [0, 0.05) is 25.8 Å². The number of hydrazine groups is 1. The molecule has 1 aromatic carbocycles. The Kier molecular flexibility index (Phi) is 5.52. The summed E-state index contributed by atoms with van der Waals surface area (Å²) < 4.78 is 5.39. The SMILES string of the molecule is CN(Cc1ccc(CC(=O)NN)cc1)C1CCOCC1. The first-order chi connectivity index (χ1) is 9.69. The number of hydrogen-bond acceptors (Lipinski definition) is 4. The Morgan fingerprint density at radius 3 is 2.50 bits per heavy atom. The maximum absolute atomic E-state index is 11.2. The van der Waals surface area contributed by atoms with Crippen LogP contribution in [0.25, 0.3) is 0 Å². The third kappa shape index (κ3) is 4.30. The fourth-order valence-corrected chi connectivity index (χ4v) is 2.54. The molecule has 1 amide bonds. The van der Waals surface area contributed by atoms with E-state index in [2.05, 4.69) is 29.5 Å². The zero-order valence-corrected chi connectivity index (χ0v) is 12.0. The van der Waals surface area contributed by atoms with Gasteiger partial charge in [0.05, 0.1) is 6.42 Å². The summed E-state index contributed by atoms with van der Waals surface area (Å²) in [6.45, 7) is 2.65. The van der Waals surface area contributed by atoms with E-state index in [1.54, 1.807) is 0 Å². The Labute approximate surface area is 120 Å². The van der Waals surface area contributed by atoms with Gasteiger partial charge in [-0.2, -0.15) is 0 Å². The van der Waals surface area contributed by atoms with E-state index >= 15 is 0 Å². The lowest BCUT2D eigenvalue weighted by Crippen LogP contribution is -2.36. The average Bonchev–Trinajstić information content (AvgIpc) is 2.50. The van der Waals surface area contributed by atoms with Gasteiger partial charge in [0.1, 0.15) is 0 Å². The molecule has 1 aliphatic rings. The van der Waals surface area contributed by atoms with E-state index in [0.717, 1.165) is 38.2 Å². The van der Waals surface area contributed by atoms with Crippen molar-refractivity contribution in [3.05, 3.63) is 35.4 Å². The predicted octanol–water partition coefficient (Wildman–Crippen LogP) is 0.830. The molecule has 1 aliphatic heterocycles. The average molecular weight is 277 g/mol. The topological polar surface area (TPSA) is 67.6 Å². The van der Waals surface area contributed by atoms with Gasteiger partial charge < -0.3 is 4.74 Å². The van der Waals surface area contributed by atoms with E-state index in [4.69, 9.17) is 10.6 Å². The second kappa shape index (κ2) is 7.38. The largest absolute Gasteiger partial charge is 0.381 e. The van der Waals surface area contributed by atoms with Crippen LogP contribution in [0.4, 0.5) is 0 Å². The maximum atomic E-state index is 11.2. The van der Waals surface area contributed by atoms with Gasteiger partial charge in [-0.15, -0.1) is 0 Å². The van der Waals surface area contributed by atoms with Gasteiger partial charge in [-0.3, -0.25) is 15.1 Å². The van der Waals surface area contributed by atoms with Crippen LogP contribution < -0.4 is 11.3 Å². The fraction of sp³-hybridized carbons (Fsp3) is 0.533. The molecular formula is C15H23N3O2. The first-order valence-corrected chi connectivity index (χ1v) is 7.04. The van der Waals surface area contributed by atoms with Crippen LogP contribution in [-0.2, 0) is 22.5 Å². The molecule has 0 atom stereocenters. The molecule has 5 nitrogen and oxygen atoms in total. The molecule has 0 bridgehead atoms. The monoisotopic (exact) mass is 277 g/mol. The van der Waals surface area contributed by atoms with Crippen LogP contribution in [0.3, 0.4) is 0 Å². The highest BCUT2D eigenvalue weighted by Crippen LogP contribution is 2.16. The van der Waals surface area contributed by atoms with Crippen molar-refractivity contribution < 1.29 is 9.53 Å². The van der Waals surface area contributed by atoms with Crippen LogP contribution >= 0.6 is 0 Å². The van der Waals surface area contributed by atoms with Gasteiger partial charge in [0.25, 0.3) is 0 Å². The van der Waals surface area contributed by atoms with E-state index in [9.17, 15) is 4.79 Å². The molecule has 1 saturated heterocycles. The quantitative estimate of drug-likeness (QED) is 0.475. The normalized spacial score (nSPS) is 16.4. The van der Waals surface area contributed by atoms with Crippen molar-refractivity contribution in [2.24, 2.45) is 5.84 Å². The molecule has 110 valence electrons. The molecule has 5 heteroatoms. The molecule has 1 fully saturated rings. The van der Waals surface area contributed by atoms with Crippen LogP contribution in [0, 0.1) is 0 Å². The van der Waals surface area contributed by atoms with Crippen molar-refractivity contribution in [2.75, 3.05) is 20.3 Å². The van der Waals surface area contributed by atoms with Crippen LogP contribution in [0.2, 0.25) is 0 Å². The highest BCUT2D eigenvalue weighted by Gasteiger charge is 2.18. The van der Waals surface area contributed by atoms with Crippen molar-refractivity contribution in [1.29, 1.82) is 0 Å². The van der Waals surface area contributed by atoms with Crippen molar-refractivity contribution >= 4 is 5.91 Å². The number of nitrogens with one attached hydrogen (secondary N) is 1. The first kappa shape index (κ1) is 15.0. The summed E-state index contributed by atoms with van der Waals surface area (Å²) in [4.78, 5) is 13.6. The Morgan fingerprint density at radius 2 is 1.90 bits per heavy atom. The summed E-state index contributed by atoms with van der Waals surface area (Å²) in [5.41, 5.74) is 4.38. The van der Waals surface area contributed by atoms with E-state index in [1.165, 1.54) is 5.56 Å². The Balaban J connectivity index is 1.87. The highest BCUT2D eigenvalue weighted by molar-refractivity contribution is 5.77. The van der Waals surface area contributed by atoms with Crippen molar-refractivity contribution in [2.45, 2.75) is 31.8 Å². The van der Waals surface area contributed by atoms with Crippen molar-refractivity contribution in [1.82, 2.24) is 10.3 Å². The minimum Gasteiger partial charge on any atom is -0.381 e.